The molecule has 6 rings (SSSR count). The van der Waals surface area contributed by atoms with Crippen molar-refractivity contribution in [3.05, 3.63) is 58.0 Å². The fourth-order valence-corrected chi connectivity index (χ4v) is 9.35. The van der Waals surface area contributed by atoms with Gasteiger partial charge in [-0.15, -0.1) is 0 Å². The lowest BCUT2D eigenvalue weighted by atomic mass is 9.78. The van der Waals surface area contributed by atoms with Gasteiger partial charge < -0.3 is 54.7 Å². The monoisotopic (exact) mass is 848 g/mol. The van der Waals surface area contributed by atoms with Crippen LogP contribution in [-0.2, 0) is 23.8 Å². The molecule has 0 saturated carbocycles. The second-order valence-corrected chi connectivity index (χ2v) is 18.1. The van der Waals surface area contributed by atoms with Gasteiger partial charge in [0.2, 0.25) is 0 Å². The van der Waals surface area contributed by atoms with E-state index in [4.69, 9.17) is 28.9 Å². The van der Waals surface area contributed by atoms with Crippen molar-refractivity contribution in [2.75, 3.05) is 32.1 Å². The maximum atomic E-state index is 13.9. The number of aliphatic hydroxyl groups is 3. The number of carbonyl (C=O) groups is 2. The van der Waals surface area contributed by atoms with Gasteiger partial charge in [-0.1, -0.05) is 59.8 Å². The molecule has 15 heteroatoms. The molecule has 0 radical (unpaired) electrons. The Morgan fingerprint density at radius 1 is 0.967 bits per heavy atom. The maximum absolute atomic E-state index is 13.9. The fourth-order valence-electron chi connectivity index (χ4n) is 9.35. The molecule has 1 spiro atoms. The summed E-state index contributed by atoms with van der Waals surface area (Å²) < 4.78 is 24.2. The number of esters is 1. The van der Waals surface area contributed by atoms with E-state index in [1.54, 1.807) is 65.8 Å². The zero-order chi connectivity index (χ0) is 44.9. The summed E-state index contributed by atoms with van der Waals surface area (Å²) in [5.74, 6) is -5.36. The molecule has 6 N–H and O–H groups in total. The number of nitrogens with zero attached hydrogens (tertiary/aromatic N) is 3. The number of hydrogen-bond acceptors (Lipinski definition) is 14. The van der Waals surface area contributed by atoms with Crippen molar-refractivity contribution < 1.29 is 54.1 Å². The van der Waals surface area contributed by atoms with Crippen LogP contribution in [0.2, 0.25) is 0 Å². The van der Waals surface area contributed by atoms with Crippen LogP contribution in [0.1, 0.15) is 92.4 Å². The number of likely N-dealkylation sites (tertiary alicyclic amines) is 1. The molecule has 10 atom stereocenters. The first-order valence-corrected chi connectivity index (χ1v) is 21.4. The number of nitrogens with one attached hydrogen (secondary N) is 1. The number of methoxy groups -OCH3 is 1. The number of hydrogen-bond donors (Lipinski definition) is 6. The number of piperidine rings is 1. The molecule has 0 aliphatic carbocycles. The minimum atomic E-state index is -1.76. The van der Waals surface area contributed by atoms with E-state index >= 15 is 0 Å². The Bertz CT molecular complexity index is 2250. The highest BCUT2D eigenvalue weighted by molar-refractivity contribution is 6.08. The molecule has 4 aliphatic heterocycles. The Balaban J connectivity index is 1.54. The number of aliphatic hydroxyl groups excluding tert-OH is 3. The Morgan fingerprint density at radius 2 is 1.62 bits per heavy atom. The molecule has 1 amide bonds. The average Bonchev–Trinajstić information content (AvgIpc) is 3.71. The van der Waals surface area contributed by atoms with E-state index in [-0.39, 0.29) is 50.0 Å². The van der Waals surface area contributed by atoms with Crippen LogP contribution in [0.15, 0.2) is 46.1 Å². The van der Waals surface area contributed by atoms with E-state index in [9.17, 15) is 35.1 Å². The lowest BCUT2D eigenvalue weighted by Crippen LogP contribution is -2.46. The SMILES string of the molecule is COC1/C=C\OC2(C)Oc3c(C)c(O)c4c(O)c(c5c(c4c3C2O)=NC2(CCN(CC(C)C)CC2)N=5)NC(=O)/C(C)=C/C=C\C(C)C(O)C(C)C(O)C(C)C(OC(C)=O)C1C. The zero-order valence-corrected chi connectivity index (χ0v) is 37.2. The van der Waals surface area contributed by atoms with E-state index in [0.717, 1.165) is 19.6 Å². The van der Waals surface area contributed by atoms with Gasteiger partial charge in [0, 0.05) is 99.2 Å². The van der Waals surface area contributed by atoms with E-state index in [1.807, 2.05) is 6.92 Å². The second kappa shape index (κ2) is 17.7. The van der Waals surface area contributed by atoms with Gasteiger partial charge in [0.05, 0.1) is 35.3 Å². The van der Waals surface area contributed by atoms with Crippen molar-refractivity contribution >= 4 is 28.3 Å². The number of phenolic OH excluding ortho intramolecular Hbond substituents is 2. The summed E-state index contributed by atoms with van der Waals surface area (Å²) in [4.78, 5) is 39.1. The van der Waals surface area contributed by atoms with Gasteiger partial charge >= 0.3 is 5.97 Å². The summed E-state index contributed by atoms with van der Waals surface area (Å²) in [7, 11) is 1.48. The molecule has 2 aromatic carbocycles. The van der Waals surface area contributed by atoms with Gasteiger partial charge in [-0.3, -0.25) is 19.6 Å². The lowest BCUT2D eigenvalue weighted by molar-refractivity contribution is -0.181. The third-order valence-electron chi connectivity index (χ3n) is 13.1. The van der Waals surface area contributed by atoms with Gasteiger partial charge in [-0.25, -0.2) is 0 Å². The van der Waals surface area contributed by atoms with Crippen LogP contribution in [0.4, 0.5) is 5.69 Å². The molecule has 61 heavy (non-hydrogen) atoms. The summed E-state index contributed by atoms with van der Waals surface area (Å²) in [6.07, 6.45) is 3.79. The summed E-state index contributed by atoms with van der Waals surface area (Å²) >= 11 is 0. The molecule has 4 aliphatic rings. The molecule has 334 valence electrons. The molecule has 4 heterocycles. The third kappa shape index (κ3) is 8.64. The number of amides is 1. The Labute approximate surface area is 357 Å². The summed E-state index contributed by atoms with van der Waals surface area (Å²) in [6, 6.07) is 0. The van der Waals surface area contributed by atoms with Crippen molar-refractivity contribution in [2.24, 2.45) is 39.6 Å². The highest BCUT2D eigenvalue weighted by Crippen LogP contribution is 2.54. The van der Waals surface area contributed by atoms with Gasteiger partial charge in [-0.05, 0) is 25.8 Å². The number of ether oxygens (including phenoxy) is 4. The first kappa shape index (κ1) is 46.0. The number of benzene rings is 2. The minimum absolute atomic E-state index is 0.0265. The molecule has 2 aromatic rings. The highest BCUT2D eigenvalue weighted by atomic mass is 16.7. The molecule has 4 bridgehead atoms. The van der Waals surface area contributed by atoms with Crippen LogP contribution < -0.4 is 20.8 Å². The molecule has 1 saturated heterocycles. The number of carbonyl (C=O) groups excluding carboxylic acids is 2. The standard InChI is InChI=1S/C46H64N4O11/c1-22(2)21-50-18-16-46(17-19-50)48-34-31-32-39(54)28(8)42-33(31)43(56)45(10,61-42)59-20-15-30(58-11)25(5)41(60-29(9)51)27(7)38(53)26(6)37(52)23(3)13-12-14-24(4)44(57)47-36(40(32)55)35(34)49-46/h12-15,20,22-23,25-27,30,37-38,41,43,52-56H,16-19,21H2,1-11H3,(H,47,57)/b13-12-,20-15-,24-14+. The molecule has 1 fully saturated rings. The predicted octanol–water partition coefficient (Wildman–Crippen LogP) is 4.60. The van der Waals surface area contributed by atoms with E-state index < -0.39 is 83.3 Å². The number of anilines is 1. The number of aromatic hydroxyl groups is 2. The molecule has 15 nitrogen and oxygen atoms in total. The lowest BCUT2D eigenvalue weighted by Gasteiger charge is -2.38. The smallest absolute Gasteiger partial charge is 0.302 e. The zero-order valence-electron chi connectivity index (χ0n) is 37.2. The summed E-state index contributed by atoms with van der Waals surface area (Å²) in [6.45, 7) is 19.8. The first-order chi connectivity index (χ1) is 28.6. The first-order valence-electron chi connectivity index (χ1n) is 21.4. The average molecular weight is 849 g/mol. The van der Waals surface area contributed by atoms with Crippen molar-refractivity contribution in [1.29, 1.82) is 0 Å². The van der Waals surface area contributed by atoms with Crippen molar-refractivity contribution in [2.45, 2.75) is 124 Å². The quantitative estimate of drug-likeness (QED) is 0.184. The van der Waals surface area contributed by atoms with Crippen LogP contribution in [-0.4, -0.2) is 105 Å². The van der Waals surface area contributed by atoms with Crippen molar-refractivity contribution in [1.82, 2.24) is 4.90 Å². The van der Waals surface area contributed by atoms with Crippen molar-refractivity contribution in [3.63, 3.8) is 0 Å². The normalized spacial score (nSPS) is 33.9. The molecule has 10 unspecified atom stereocenters. The topological polar surface area (TPSA) is 212 Å². The number of fused-ring (bicyclic) bond motifs is 1. The Hall–Kier alpha value is -4.54. The van der Waals surface area contributed by atoms with Crippen LogP contribution in [0.3, 0.4) is 0 Å². The summed E-state index contributed by atoms with van der Waals surface area (Å²) in [5.41, 5.74) is -0.243. The van der Waals surface area contributed by atoms with Crippen LogP contribution in [0.5, 0.6) is 17.2 Å². The number of phenols is 2. The third-order valence-corrected chi connectivity index (χ3v) is 13.1. The van der Waals surface area contributed by atoms with Gasteiger partial charge in [0.15, 0.2) is 17.5 Å². The Kier molecular flexibility index (Phi) is 13.3. The summed E-state index contributed by atoms with van der Waals surface area (Å²) in [5, 5.41) is 62.8. The number of rotatable bonds is 4. The van der Waals surface area contributed by atoms with E-state index in [1.165, 1.54) is 20.3 Å². The van der Waals surface area contributed by atoms with Gasteiger partial charge in [-0.2, -0.15) is 0 Å². The van der Waals surface area contributed by atoms with Crippen molar-refractivity contribution in [3.8, 4) is 17.2 Å². The van der Waals surface area contributed by atoms with Crippen LogP contribution >= 0.6 is 0 Å². The molecule has 0 aromatic heterocycles. The largest absolute Gasteiger partial charge is 0.507 e. The molecular formula is C46H64N4O11. The fraction of sp³-hybridized carbons (Fsp3) is 0.609. The molecular weight excluding hydrogens is 785 g/mol. The maximum Gasteiger partial charge on any atom is 0.302 e. The van der Waals surface area contributed by atoms with Crippen LogP contribution in [0, 0.1) is 36.5 Å². The van der Waals surface area contributed by atoms with E-state index in [0.29, 0.717) is 24.1 Å². The predicted molar refractivity (Wildman–Crippen MR) is 228 cm³/mol. The van der Waals surface area contributed by atoms with E-state index in [2.05, 4.69) is 24.1 Å². The Morgan fingerprint density at radius 3 is 2.25 bits per heavy atom. The van der Waals surface area contributed by atoms with Crippen LogP contribution in [0.25, 0.3) is 10.8 Å². The second-order valence-electron chi connectivity index (χ2n) is 18.1. The van der Waals surface area contributed by atoms with Gasteiger partial charge in [0.25, 0.3) is 11.7 Å². The highest BCUT2D eigenvalue weighted by Gasteiger charge is 2.50. The number of allylic oxidation sites excluding steroid dienone is 2. The van der Waals surface area contributed by atoms with Gasteiger partial charge in [0.1, 0.15) is 28.6 Å². The minimum Gasteiger partial charge on any atom is -0.507 e.